The first kappa shape index (κ1) is 22.1. The van der Waals surface area contributed by atoms with E-state index in [0.29, 0.717) is 63.0 Å². The first-order valence-electron chi connectivity index (χ1n) is 12.1. The van der Waals surface area contributed by atoms with Crippen LogP contribution in [0.1, 0.15) is 66.2 Å². The molecule has 0 aromatic heterocycles. The predicted molar refractivity (Wildman–Crippen MR) is 115 cm³/mol. The molecule has 2 bridgehead atoms. The highest BCUT2D eigenvalue weighted by Gasteiger charge is 2.57. The number of nitrogens with zero attached hydrogens (tertiary/aromatic N) is 2. The minimum absolute atomic E-state index is 0.141. The number of ether oxygens (including phenoxy) is 2. The second-order valence-electron chi connectivity index (χ2n) is 10.9. The maximum atomic E-state index is 13.6. The lowest BCUT2D eigenvalue weighted by Crippen LogP contribution is -2.59. The van der Waals surface area contributed by atoms with Crippen molar-refractivity contribution < 1.29 is 19.1 Å². The first-order chi connectivity index (χ1) is 14.3. The Morgan fingerprint density at radius 2 is 1.03 bits per heavy atom. The van der Waals surface area contributed by atoms with E-state index in [1.165, 1.54) is 0 Å². The van der Waals surface area contributed by atoms with Gasteiger partial charge in [-0.1, -0.05) is 27.7 Å². The lowest BCUT2D eigenvalue weighted by atomic mass is 9.52. The van der Waals surface area contributed by atoms with E-state index < -0.39 is 0 Å². The molecule has 30 heavy (non-hydrogen) atoms. The maximum Gasteiger partial charge on any atom is 0.228 e. The van der Waals surface area contributed by atoms with Crippen LogP contribution in [0.5, 0.6) is 0 Å². The van der Waals surface area contributed by atoms with Crippen LogP contribution in [0, 0.1) is 22.7 Å². The third-order valence-corrected chi connectivity index (χ3v) is 8.40. The molecule has 5 aliphatic rings. The number of hydrogen-bond acceptors (Lipinski definition) is 4. The highest BCUT2D eigenvalue weighted by molar-refractivity contribution is 5.87. The number of carbonyl (C=O) groups excluding carboxylic acids is 2. The summed E-state index contributed by atoms with van der Waals surface area (Å²) in [6, 6.07) is 0. The van der Waals surface area contributed by atoms with Gasteiger partial charge in [-0.15, -0.1) is 0 Å². The molecule has 2 atom stereocenters. The highest BCUT2D eigenvalue weighted by Crippen LogP contribution is 2.58. The molecule has 2 aliphatic heterocycles. The lowest BCUT2D eigenvalue weighted by Gasteiger charge is -2.54. The van der Waals surface area contributed by atoms with Crippen LogP contribution in [0.3, 0.4) is 0 Å². The van der Waals surface area contributed by atoms with Crippen LogP contribution in [-0.2, 0) is 19.1 Å². The number of rotatable bonds is 4. The molecule has 2 saturated heterocycles. The molecule has 0 radical (unpaired) electrons. The van der Waals surface area contributed by atoms with Crippen LogP contribution >= 0.6 is 0 Å². The van der Waals surface area contributed by atoms with Crippen LogP contribution in [0.2, 0.25) is 0 Å². The Morgan fingerprint density at radius 1 is 0.700 bits per heavy atom. The molecule has 5 fully saturated rings. The van der Waals surface area contributed by atoms with Crippen molar-refractivity contribution >= 4 is 11.8 Å². The quantitative estimate of drug-likeness (QED) is 0.701. The number of hydrogen-bond donors (Lipinski definition) is 0. The van der Waals surface area contributed by atoms with Crippen molar-refractivity contribution in [3.63, 3.8) is 0 Å². The monoisotopic (exact) mass is 420 g/mol. The average molecular weight is 421 g/mol. The van der Waals surface area contributed by atoms with Crippen molar-refractivity contribution in [2.75, 3.05) is 39.4 Å². The lowest BCUT2D eigenvalue weighted by molar-refractivity contribution is -0.171. The smallest absolute Gasteiger partial charge is 0.228 e. The van der Waals surface area contributed by atoms with E-state index in [-0.39, 0.29) is 23.0 Å². The Kier molecular flexibility index (Phi) is 6.19. The third kappa shape index (κ3) is 3.90. The van der Waals surface area contributed by atoms with E-state index in [4.69, 9.17) is 9.47 Å². The maximum absolute atomic E-state index is 13.6. The van der Waals surface area contributed by atoms with E-state index in [1.807, 2.05) is 0 Å². The summed E-state index contributed by atoms with van der Waals surface area (Å²) in [5.41, 5.74) is -0.487. The van der Waals surface area contributed by atoms with Gasteiger partial charge in [0, 0.05) is 37.0 Å². The van der Waals surface area contributed by atoms with Gasteiger partial charge < -0.3 is 19.3 Å². The van der Waals surface area contributed by atoms with Crippen molar-refractivity contribution in [3.8, 4) is 0 Å². The molecule has 0 spiro atoms. The molecule has 6 heteroatoms. The van der Waals surface area contributed by atoms with Gasteiger partial charge in [-0.3, -0.25) is 9.59 Å². The SMILES string of the molecule is CC(C)C1CN(C(=O)C23CCC(C(=O)N4CCOC(C(C)C)C4)(CC2)CC3)CCO1. The summed E-state index contributed by atoms with van der Waals surface area (Å²) >= 11 is 0. The van der Waals surface area contributed by atoms with Crippen LogP contribution in [-0.4, -0.2) is 73.2 Å². The molecule has 6 nitrogen and oxygen atoms in total. The van der Waals surface area contributed by atoms with Gasteiger partial charge in [-0.2, -0.15) is 0 Å². The molecule has 3 saturated carbocycles. The van der Waals surface area contributed by atoms with Gasteiger partial charge in [0.1, 0.15) is 0 Å². The van der Waals surface area contributed by atoms with Crippen molar-refractivity contribution in [2.24, 2.45) is 22.7 Å². The van der Waals surface area contributed by atoms with Gasteiger partial charge in [0.05, 0.1) is 25.4 Å². The highest BCUT2D eigenvalue weighted by atomic mass is 16.5. The molecular formula is C24H40N2O4. The summed E-state index contributed by atoms with van der Waals surface area (Å²) < 4.78 is 11.7. The van der Waals surface area contributed by atoms with Crippen molar-refractivity contribution in [3.05, 3.63) is 0 Å². The largest absolute Gasteiger partial charge is 0.374 e. The summed E-state index contributed by atoms with van der Waals surface area (Å²) in [5, 5.41) is 0. The molecule has 0 aromatic rings. The van der Waals surface area contributed by atoms with Crippen LogP contribution in [0.4, 0.5) is 0 Å². The normalized spacial score (nSPS) is 37.1. The summed E-state index contributed by atoms with van der Waals surface area (Å²) in [4.78, 5) is 31.2. The Morgan fingerprint density at radius 3 is 1.33 bits per heavy atom. The van der Waals surface area contributed by atoms with Crippen LogP contribution < -0.4 is 0 Å². The van der Waals surface area contributed by atoms with Gasteiger partial charge in [0.25, 0.3) is 0 Å². The fourth-order valence-electron chi connectivity index (χ4n) is 6.02. The molecular weight excluding hydrogens is 380 g/mol. The zero-order chi connectivity index (χ0) is 21.5. The Labute approximate surface area is 181 Å². The number of fused-ring (bicyclic) bond motifs is 3. The van der Waals surface area contributed by atoms with Gasteiger partial charge in [-0.05, 0) is 50.4 Å². The molecule has 2 heterocycles. The average Bonchev–Trinajstić information content (AvgIpc) is 2.79. The fourth-order valence-corrected chi connectivity index (χ4v) is 6.02. The Balaban J connectivity index is 1.40. The Hall–Kier alpha value is -1.14. The molecule has 3 aliphatic carbocycles. The Bertz CT molecular complexity index is 581. The number of morpholine rings is 2. The van der Waals surface area contributed by atoms with Gasteiger partial charge in [0.15, 0.2) is 0 Å². The molecule has 0 aromatic carbocycles. The summed E-state index contributed by atoms with van der Waals surface area (Å²) in [6.07, 6.45) is 5.44. The van der Waals surface area contributed by atoms with E-state index >= 15 is 0 Å². The predicted octanol–water partition coefficient (Wildman–Crippen LogP) is 3.09. The third-order valence-electron chi connectivity index (χ3n) is 8.40. The van der Waals surface area contributed by atoms with Crippen molar-refractivity contribution in [1.29, 1.82) is 0 Å². The van der Waals surface area contributed by atoms with Gasteiger partial charge in [-0.25, -0.2) is 0 Å². The summed E-state index contributed by atoms with van der Waals surface area (Å²) in [7, 11) is 0. The van der Waals surface area contributed by atoms with Crippen molar-refractivity contribution in [1.82, 2.24) is 9.80 Å². The number of carbonyl (C=O) groups is 2. The topological polar surface area (TPSA) is 59.1 Å². The fraction of sp³-hybridized carbons (Fsp3) is 0.917. The van der Waals surface area contributed by atoms with Gasteiger partial charge >= 0.3 is 0 Å². The van der Waals surface area contributed by atoms with Crippen LogP contribution in [0.15, 0.2) is 0 Å². The van der Waals surface area contributed by atoms with E-state index in [0.717, 1.165) is 38.5 Å². The van der Waals surface area contributed by atoms with E-state index in [1.54, 1.807) is 0 Å². The van der Waals surface area contributed by atoms with Gasteiger partial charge in [0.2, 0.25) is 11.8 Å². The molecule has 2 unspecified atom stereocenters. The minimum Gasteiger partial charge on any atom is -0.374 e. The minimum atomic E-state index is -0.244. The second-order valence-corrected chi connectivity index (χ2v) is 10.9. The van der Waals surface area contributed by atoms with E-state index in [9.17, 15) is 9.59 Å². The summed E-state index contributed by atoms with van der Waals surface area (Å²) in [6.45, 7) is 12.8. The van der Waals surface area contributed by atoms with Crippen molar-refractivity contribution in [2.45, 2.75) is 78.4 Å². The molecule has 170 valence electrons. The molecule has 0 N–H and O–H groups in total. The van der Waals surface area contributed by atoms with Crippen LogP contribution in [0.25, 0.3) is 0 Å². The zero-order valence-electron chi connectivity index (χ0n) is 19.3. The molecule has 5 rings (SSSR count). The molecule has 2 amide bonds. The zero-order valence-corrected chi connectivity index (χ0v) is 19.3. The second kappa shape index (κ2) is 8.42. The first-order valence-corrected chi connectivity index (χ1v) is 12.1. The van der Waals surface area contributed by atoms with E-state index in [2.05, 4.69) is 37.5 Å². The number of amides is 2. The summed E-state index contributed by atoms with van der Waals surface area (Å²) in [5.74, 6) is 1.49. The standard InChI is InChI=1S/C24H40N2O4/c1-17(2)19-15-25(11-13-29-19)21(27)23-5-8-24(9-6-23,10-7-23)22(28)26-12-14-30-20(16-26)18(3)4/h17-20H,5-16H2,1-4H3.